The van der Waals surface area contributed by atoms with Crippen LogP contribution >= 0.6 is 15.9 Å². The van der Waals surface area contributed by atoms with E-state index in [2.05, 4.69) is 31.6 Å². The maximum Gasteiger partial charge on any atom is 0.264 e. The minimum Gasteiger partial charge on any atom is -0.395 e. The monoisotopic (exact) mass is 705 g/mol. The van der Waals surface area contributed by atoms with E-state index in [1.165, 1.54) is 0 Å². The third kappa shape index (κ3) is 6.87. The van der Waals surface area contributed by atoms with Crippen molar-refractivity contribution in [2.75, 3.05) is 16.8 Å². The molecule has 5 aromatic rings. The van der Waals surface area contributed by atoms with Gasteiger partial charge in [-0.05, 0) is 60.0 Å². The van der Waals surface area contributed by atoms with Crippen LogP contribution in [0.1, 0.15) is 52.0 Å². The molecule has 9 nitrogen and oxygen atoms in total. The summed E-state index contributed by atoms with van der Waals surface area (Å²) < 4.78 is 2.50. The van der Waals surface area contributed by atoms with Crippen LogP contribution in [0.5, 0.6) is 0 Å². The summed E-state index contributed by atoms with van der Waals surface area (Å²) in [6.45, 7) is 2.57. The smallest absolute Gasteiger partial charge is 0.264 e. The number of aromatic nitrogens is 3. The number of nitrogens with zero attached hydrogens (tertiary/aromatic N) is 4. The summed E-state index contributed by atoms with van der Waals surface area (Å²) in [5, 5.41) is 33.4. The Kier molecular flexibility index (Phi) is 9.95. The second kappa shape index (κ2) is 14.5. The molecule has 1 aromatic heterocycles. The van der Waals surface area contributed by atoms with Crippen LogP contribution < -0.4 is 10.2 Å². The SMILES string of the molecule is C[C@@H](/C=C/CCn1cc(C(CO)c2ccccc2)nn1)[C@]1(O)C(=O)N(Cc2ccc(NC(=O)c3ccccc3)cc2)c2ccc(Br)cc21. The van der Waals surface area contributed by atoms with Gasteiger partial charge in [0, 0.05) is 39.9 Å². The Morgan fingerprint density at radius 2 is 1.71 bits per heavy atom. The fourth-order valence-electron chi connectivity index (χ4n) is 6.03. The Morgan fingerprint density at radius 1 is 1.00 bits per heavy atom. The van der Waals surface area contributed by atoms with Crippen molar-refractivity contribution in [3.63, 3.8) is 0 Å². The van der Waals surface area contributed by atoms with Crippen LogP contribution in [0.15, 0.2) is 126 Å². The van der Waals surface area contributed by atoms with E-state index in [9.17, 15) is 19.8 Å². The third-order valence-electron chi connectivity index (χ3n) is 8.73. The highest BCUT2D eigenvalue weighted by Crippen LogP contribution is 2.46. The average Bonchev–Trinajstić information content (AvgIpc) is 3.66. The Bertz CT molecular complexity index is 1910. The van der Waals surface area contributed by atoms with Crippen molar-refractivity contribution in [1.29, 1.82) is 0 Å². The molecule has 4 aromatic carbocycles. The highest BCUT2D eigenvalue weighted by molar-refractivity contribution is 9.10. The molecule has 0 aliphatic carbocycles. The first kappa shape index (κ1) is 33.0. The second-order valence-corrected chi connectivity index (χ2v) is 12.8. The first-order valence-corrected chi connectivity index (χ1v) is 16.6. The number of benzene rings is 4. The van der Waals surface area contributed by atoms with E-state index in [1.807, 2.05) is 98.1 Å². The van der Waals surface area contributed by atoms with E-state index in [1.54, 1.807) is 39.9 Å². The van der Waals surface area contributed by atoms with E-state index < -0.39 is 17.4 Å². The molecule has 48 heavy (non-hydrogen) atoms. The van der Waals surface area contributed by atoms with Gasteiger partial charge in [-0.1, -0.05) is 101 Å². The van der Waals surface area contributed by atoms with Gasteiger partial charge in [-0.2, -0.15) is 0 Å². The number of fused-ring (bicyclic) bond motifs is 1. The molecule has 0 fully saturated rings. The van der Waals surface area contributed by atoms with Crippen molar-refractivity contribution in [2.24, 2.45) is 5.92 Å². The molecule has 0 bridgehead atoms. The second-order valence-electron chi connectivity index (χ2n) is 11.9. The molecular weight excluding hydrogens is 670 g/mol. The summed E-state index contributed by atoms with van der Waals surface area (Å²) >= 11 is 3.51. The van der Waals surface area contributed by atoms with Crippen LogP contribution in [0.4, 0.5) is 11.4 Å². The number of carbonyl (C=O) groups is 2. The Hall–Kier alpha value is -4.90. The van der Waals surface area contributed by atoms with Gasteiger partial charge in [-0.3, -0.25) is 14.3 Å². The normalized spacial score (nSPS) is 17.0. The Balaban J connectivity index is 1.12. The summed E-state index contributed by atoms with van der Waals surface area (Å²) in [6, 6.07) is 31.6. The summed E-state index contributed by atoms with van der Waals surface area (Å²) in [7, 11) is 0. The number of aliphatic hydroxyl groups excluding tert-OH is 1. The molecule has 0 saturated carbocycles. The van der Waals surface area contributed by atoms with E-state index in [-0.39, 0.29) is 25.0 Å². The number of anilines is 2. The topological polar surface area (TPSA) is 121 Å². The summed E-state index contributed by atoms with van der Waals surface area (Å²) in [6.07, 6.45) is 6.26. The van der Waals surface area contributed by atoms with E-state index in [0.717, 1.165) is 15.6 Å². The molecule has 6 rings (SSSR count). The number of hydrogen-bond acceptors (Lipinski definition) is 6. The van der Waals surface area contributed by atoms with Crippen LogP contribution in [0, 0.1) is 5.92 Å². The molecule has 0 radical (unpaired) electrons. The third-order valence-corrected chi connectivity index (χ3v) is 9.22. The molecule has 0 spiro atoms. The molecule has 1 aliphatic rings. The molecule has 2 amide bonds. The van der Waals surface area contributed by atoms with E-state index in [0.29, 0.717) is 41.2 Å². The number of aryl methyl sites for hydroxylation is 1. The molecular formula is C38H36BrN5O4. The summed E-state index contributed by atoms with van der Waals surface area (Å²) in [5.41, 5.74) is 3.17. The van der Waals surface area contributed by atoms with Crippen LogP contribution in [0.25, 0.3) is 0 Å². The lowest BCUT2D eigenvalue weighted by molar-refractivity contribution is -0.139. The minimum absolute atomic E-state index is 0.0698. The van der Waals surface area contributed by atoms with Crippen LogP contribution in [0.2, 0.25) is 0 Å². The number of amides is 2. The lowest BCUT2D eigenvalue weighted by atomic mass is 9.83. The zero-order valence-electron chi connectivity index (χ0n) is 26.4. The number of carbonyl (C=O) groups excluding carboxylic acids is 2. The van der Waals surface area contributed by atoms with Crippen molar-refractivity contribution in [2.45, 2.75) is 38.0 Å². The van der Waals surface area contributed by atoms with Crippen molar-refractivity contribution >= 4 is 39.1 Å². The summed E-state index contributed by atoms with van der Waals surface area (Å²) in [4.78, 5) is 28.2. The van der Waals surface area contributed by atoms with Gasteiger partial charge < -0.3 is 20.4 Å². The summed E-state index contributed by atoms with van der Waals surface area (Å²) in [5.74, 6) is -1.37. The predicted molar refractivity (Wildman–Crippen MR) is 188 cm³/mol. The van der Waals surface area contributed by atoms with Gasteiger partial charge in [0.15, 0.2) is 5.60 Å². The lowest BCUT2D eigenvalue weighted by Crippen LogP contribution is -2.44. The number of rotatable bonds is 12. The first-order chi connectivity index (χ1) is 23.3. The number of hydrogen-bond donors (Lipinski definition) is 3. The fourth-order valence-corrected chi connectivity index (χ4v) is 6.39. The Morgan fingerprint density at radius 3 is 2.42 bits per heavy atom. The predicted octanol–water partition coefficient (Wildman–Crippen LogP) is 6.43. The molecule has 0 saturated heterocycles. The number of nitrogens with one attached hydrogen (secondary N) is 1. The zero-order valence-corrected chi connectivity index (χ0v) is 28.0. The van der Waals surface area contributed by atoms with Gasteiger partial charge >= 0.3 is 0 Å². The fraction of sp³-hybridized carbons (Fsp3) is 0.211. The standard InChI is InChI=1S/C38H36BrN5O4/c1-26(10-8-9-21-43-24-34(41-42-43)32(25-45)28-11-4-2-5-12-28)38(48)33-22-30(39)17-20-35(33)44(37(38)47)23-27-15-18-31(19-16-27)40-36(46)29-13-6-3-7-14-29/h2-8,10-20,22,24,26,32,45,48H,9,21,23,25H2,1H3,(H,40,46)/b10-8+/t26-,32?,38+/m0/s1. The van der Waals surface area contributed by atoms with Crippen LogP contribution in [0.3, 0.4) is 0 Å². The van der Waals surface area contributed by atoms with Crippen molar-refractivity contribution in [3.05, 3.63) is 154 Å². The molecule has 2 heterocycles. The van der Waals surface area contributed by atoms with E-state index >= 15 is 0 Å². The Labute approximate surface area is 287 Å². The quantitative estimate of drug-likeness (QED) is 0.129. The molecule has 10 heteroatoms. The van der Waals surface area contributed by atoms with Crippen molar-refractivity contribution in [3.8, 4) is 0 Å². The highest BCUT2D eigenvalue weighted by atomic mass is 79.9. The van der Waals surface area contributed by atoms with Gasteiger partial charge in [0.2, 0.25) is 0 Å². The molecule has 1 unspecified atom stereocenters. The molecule has 244 valence electrons. The van der Waals surface area contributed by atoms with E-state index in [4.69, 9.17) is 0 Å². The van der Waals surface area contributed by atoms with Gasteiger partial charge in [-0.15, -0.1) is 5.10 Å². The molecule has 3 atom stereocenters. The maximum absolute atomic E-state index is 14.0. The number of aliphatic hydroxyl groups is 2. The maximum atomic E-state index is 14.0. The highest BCUT2D eigenvalue weighted by Gasteiger charge is 2.52. The van der Waals surface area contributed by atoms with Crippen molar-refractivity contribution < 1.29 is 19.8 Å². The van der Waals surface area contributed by atoms with Gasteiger partial charge in [0.1, 0.15) is 0 Å². The molecule has 1 aliphatic heterocycles. The first-order valence-electron chi connectivity index (χ1n) is 15.8. The van der Waals surface area contributed by atoms with Crippen LogP contribution in [-0.4, -0.2) is 43.6 Å². The van der Waals surface area contributed by atoms with Crippen LogP contribution in [-0.2, 0) is 23.5 Å². The largest absolute Gasteiger partial charge is 0.395 e. The lowest BCUT2D eigenvalue weighted by Gasteiger charge is -2.27. The zero-order chi connectivity index (χ0) is 33.7. The van der Waals surface area contributed by atoms with Gasteiger partial charge in [0.25, 0.3) is 11.8 Å². The van der Waals surface area contributed by atoms with Crippen molar-refractivity contribution in [1.82, 2.24) is 15.0 Å². The average molecular weight is 707 g/mol. The number of allylic oxidation sites excluding steroid dienone is 1. The molecule has 3 N–H and O–H groups in total. The minimum atomic E-state index is -1.76. The van der Waals surface area contributed by atoms with Gasteiger partial charge in [0.05, 0.1) is 30.5 Å². The van der Waals surface area contributed by atoms with Gasteiger partial charge in [-0.25, -0.2) is 0 Å². The number of halogens is 1.